The molecule has 0 unspecified atom stereocenters. The molecule has 0 atom stereocenters. The van der Waals surface area contributed by atoms with Gasteiger partial charge in [-0.3, -0.25) is 0 Å². The first kappa shape index (κ1) is 14.8. The normalized spacial score (nSPS) is 10.0. The fourth-order valence-electron chi connectivity index (χ4n) is 1.78. The van der Waals surface area contributed by atoms with E-state index in [4.69, 9.17) is 9.47 Å². The van der Waals surface area contributed by atoms with E-state index in [1.807, 2.05) is 0 Å². The van der Waals surface area contributed by atoms with E-state index in [9.17, 15) is 9.18 Å². The average Bonchev–Trinajstić information content (AvgIpc) is 2.52. The molecule has 0 aliphatic carbocycles. The number of rotatable bonds is 5. The van der Waals surface area contributed by atoms with Gasteiger partial charge in [-0.2, -0.15) is 0 Å². The van der Waals surface area contributed by atoms with Crippen molar-refractivity contribution in [3.8, 4) is 11.5 Å². The maximum atomic E-state index is 13.8. The van der Waals surface area contributed by atoms with Crippen molar-refractivity contribution in [2.75, 3.05) is 14.2 Å². The summed E-state index contributed by atoms with van der Waals surface area (Å²) in [5.74, 6) is -0.0344. The Morgan fingerprint density at radius 3 is 2.52 bits per heavy atom. The third-order valence-electron chi connectivity index (χ3n) is 2.89. The minimum Gasteiger partial charge on any atom is -0.497 e. The lowest BCUT2D eigenvalue weighted by Gasteiger charge is -2.09. The summed E-state index contributed by atoms with van der Waals surface area (Å²) in [6.45, 7) is 0.186. The highest BCUT2D eigenvalue weighted by atomic mass is 19.1. The predicted octanol–water partition coefficient (Wildman–Crippen LogP) is 3.20. The predicted molar refractivity (Wildman–Crippen MR) is 75.1 cm³/mol. The molecular formula is C16H15FO4. The number of halogens is 1. The second-order valence-corrected chi connectivity index (χ2v) is 4.27. The first-order valence-electron chi connectivity index (χ1n) is 6.27. The Kier molecular flexibility index (Phi) is 4.77. The zero-order chi connectivity index (χ0) is 15.2. The molecule has 0 spiro atoms. The number of ether oxygens (including phenoxy) is 3. The number of hydrogen-bond acceptors (Lipinski definition) is 4. The van der Waals surface area contributed by atoms with Crippen LogP contribution in [-0.4, -0.2) is 20.2 Å². The zero-order valence-corrected chi connectivity index (χ0v) is 11.8. The van der Waals surface area contributed by atoms with Gasteiger partial charge in [0.05, 0.1) is 19.8 Å². The number of carbonyl (C=O) groups excluding carboxylic acids is 1. The Labute approximate surface area is 122 Å². The fourth-order valence-corrected chi connectivity index (χ4v) is 1.78. The smallest absolute Gasteiger partial charge is 0.340 e. The van der Waals surface area contributed by atoms with Crippen molar-refractivity contribution < 1.29 is 23.4 Å². The van der Waals surface area contributed by atoms with E-state index in [0.29, 0.717) is 17.1 Å². The van der Waals surface area contributed by atoms with Crippen LogP contribution in [0.4, 0.5) is 4.39 Å². The van der Waals surface area contributed by atoms with Crippen molar-refractivity contribution in [2.45, 2.75) is 6.61 Å². The van der Waals surface area contributed by atoms with Crippen LogP contribution in [-0.2, 0) is 11.3 Å². The number of methoxy groups -OCH3 is 2. The summed E-state index contributed by atoms with van der Waals surface area (Å²) >= 11 is 0. The lowest BCUT2D eigenvalue weighted by Crippen LogP contribution is -2.05. The molecule has 0 aliphatic rings. The molecular weight excluding hydrogens is 275 g/mol. The van der Waals surface area contributed by atoms with Crippen molar-refractivity contribution in [2.24, 2.45) is 0 Å². The van der Waals surface area contributed by atoms with Gasteiger partial charge in [0.25, 0.3) is 0 Å². The quantitative estimate of drug-likeness (QED) is 0.793. The lowest BCUT2D eigenvalue weighted by atomic mass is 10.1. The Morgan fingerprint density at radius 1 is 1.10 bits per heavy atom. The maximum Gasteiger partial charge on any atom is 0.340 e. The Balaban J connectivity index is 2.06. The summed E-state index contributed by atoms with van der Waals surface area (Å²) in [6, 6.07) is 11.4. The summed E-state index contributed by atoms with van der Waals surface area (Å²) in [4.78, 5) is 11.3. The summed E-state index contributed by atoms with van der Waals surface area (Å²) in [5, 5.41) is 0. The van der Waals surface area contributed by atoms with Gasteiger partial charge >= 0.3 is 5.97 Å². The van der Waals surface area contributed by atoms with Crippen molar-refractivity contribution in [3.05, 3.63) is 59.4 Å². The van der Waals surface area contributed by atoms with Gasteiger partial charge in [0.15, 0.2) is 0 Å². The summed E-state index contributed by atoms with van der Waals surface area (Å²) in [7, 11) is 2.78. The van der Waals surface area contributed by atoms with E-state index in [1.54, 1.807) is 37.4 Å². The van der Waals surface area contributed by atoms with Crippen LogP contribution < -0.4 is 9.47 Å². The molecule has 110 valence electrons. The lowest BCUT2D eigenvalue weighted by molar-refractivity contribution is 0.0595. The largest absolute Gasteiger partial charge is 0.497 e. The van der Waals surface area contributed by atoms with Gasteiger partial charge in [-0.25, -0.2) is 9.18 Å². The third-order valence-corrected chi connectivity index (χ3v) is 2.89. The van der Waals surface area contributed by atoms with Gasteiger partial charge in [0, 0.05) is 6.07 Å². The number of hydrogen-bond donors (Lipinski definition) is 0. The van der Waals surface area contributed by atoms with Crippen LogP contribution in [0.15, 0.2) is 42.5 Å². The van der Waals surface area contributed by atoms with E-state index in [0.717, 1.165) is 0 Å². The second kappa shape index (κ2) is 6.74. The Morgan fingerprint density at radius 2 is 1.86 bits per heavy atom. The first-order valence-corrected chi connectivity index (χ1v) is 6.27. The molecule has 0 bridgehead atoms. The monoisotopic (exact) mass is 290 g/mol. The molecule has 0 saturated heterocycles. The molecule has 5 heteroatoms. The molecule has 0 fully saturated rings. The van der Waals surface area contributed by atoms with Crippen LogP contribution in [0, 0.1) is 5.82 Å². The van der Waals surface area contributed by atoms with Gasteiger partial charge in [0.1, 0.15) is 23.9 Å². The first-order chi connectivity index (χ1) is 10.1. The Bertz CT molecular complexity index is 640. The van der Waals surface area contributed by atoms with Crippen LogP contribution >= 0.6 is 0 Å². The maximum absolute atomic E-state index is 13.8. The minimum atomic E-state index is -0.701. The van der Waals surface area contributed by atoms with Crippen LogP contribution in [0.2, 0.25) is 0 Å². The second-order valence-electron chi connectivity index (χ2n) is 4.27. The third kappa shape index (κ3) is 3.72. The van der Waals surface area contributed by atoms with Crippen LogP contribution in [0.5, 0.6) is 11.5 Å². The van der Waals surface area contributed by atoms with E-state index in [-0.39, 0.29) is 12.2 Å². The molecule has 2 aromatic rings. The highest BCUT2D eigenvalue weighted by Crippen LogP contribution is 2.20. The summed E-state index contributed by atoms with van der Waals surface area (Å²) in [6.07, 6.45) is 0. The van der Waals surface area contributed by atoms with Gasteiger partial charge in [0.2, 0.25) is 0 Å². The molecule has 2 aromatic carbocycles. The molecule has 21 heavy (non-hydrogen) atoms. The van der Waals surface area contributed by atoms with Crippen molar-refractivity contribution in [1.82, 2.24) is 0 Å². The highest BCUT2D eigenvalue weighted by Gasteiger charge is 2.12. The molecule has 2 rings (SSSR count). The molecule has 0 radical (unpaired) electrons. The van der Waals surface area contributed by atoms with Crippen molar-refractivity contribution in [1.29, 1.82) is 0 Å². The van der Waals surface area contributed by atoms with E-state index in [1.165, 1.54) is 19.2 Å². The van der Waals surface area contributed by atoms with Crippen LogP contribution in [0.3, 0.4) is 0 Å². The fraction of sp³-hybridized carbons (Fsp3) is 0.188. The Hall–Kier alpha value is -2.56. The summed E-state index contributed by atoms with van der Waals surface area (Å²) < 4.78 is 28.9. The van der Waals surface area contributed by atoms with Crippen molar-refractivity contribution >= 4 is 5.97 Å². The number of benzene rings is 2. The van der Waals surface area contributed by atoms with Crippen molar-refractivity contribution in [3.63, 3.8) is 0 Å². The van der Waals surface area contributed by atoms with E-state index < -0.39 is 11.8 Å². The highest BCUT2D eigenvalue weighted by molar-refractivity contribution is 5.89. The molecule has 4 nitrogen and oxygen atoms in total. The van der Waals surface area contributed by atoms with Crippen LogP contribution in [0.1, 0.15) is 15.9 Å². The van der Waals surface area contributed by atoms with Gasteiger partial charge in [-0.15, -0.1) is 0 Å². The van der Waals surface area contributed by atoms with Crippen LogP contribution in [0.25, 0.3) is 0 Å². The van der Waals surface area contributed by atoms with E-state index >= 15 is 0 Å². The number of esters is 1. The van der Waals surface area contributed by atoms with Gasteiger partial charge < -0.3 is 14.2 Å². The SMILES string of the molecule is COC(=O)c1ccc(COc2cccc(OC)c2)cc1F. The molecule has 0 heterocycles. The topological polar surface area (TPSA) is 44.8 Å². The molecule has 0 amide bonds. The minimum absolute atomic E-state index is 0.0948. The van der Waals surface area contributed by atoms with E-state index in [2.05, 4.69) is 4.74 Å². The van der Waals surface area contributed by atoms with Gasteiger partial charge in [-0.05, 0) is 29.8 Å². The molecule has 0 N–H and O–H groups in total. The standard InChI is InChI=1S/C16H15FO4/c1-19-12-4-3-5-13(9-12)21-10-11-6-7-14(15(17)8-11)16(18)20-2/h3-9H,10H2,1-2H3. The molecule has 0 saturated carbocycles. The molecule has 0 aliphatic heterocycles. The van der Waals surface area contributed by atoms with Gasteiger partial charge in [-0.1, -0.05) is 12.1 Å². The average molecular weight is 290 g/mol. The number of carbonyl (C=O) groups is 1. The molecule has 0 aromatic heterocycles. The summed E-state index contributed by atoms with van der Waals surface area (Å²) in [5.41, 5.74) is 0.519. The zero-order valence-electron chi connectivity index (χ0n) is 11.8.